The maximum Gasteiger partial charge on any atom is 0.332 e. The molecule has 1 saturated heterocycles. The zero-order valence-corrected chi connectivity index (χ0v) is 14.1. The van der Waals surface area contributed by atoms with Crippen LogP contribution in [0.4, 0.5) is 5.82 Å². The lowest BCUT2D eigenvalue weighted by Gasteiger charge is -2.32. The average Bonchev–Trinajstić information content (AvgIpc) is 2.50. The first-order chi connectivity index (χ1) is 10.8. The Morgan fingerprint density at radius 3 is 2.65 bits per heavy atom. The van der Waals surface area contributed by atoms with Gasteiger partial charge in [0.05, 0.1) is 6.10 Å². The van der Waals surface area contributed by atoms with E-state index < -0.39 is 11.2 Å². The molecule has 1 N–H and O–H groups in total. The Hall–Kier alpha value is -2.07. The third-order valence-corrected chi connectivity index (χ3v) is 4.22. The first-order valence-corrected chi connectivity index (χ1v) is 7.93. The first kappa shape index (κ1) is 17.3. The Kier molecular flexibility index (Phi) is 5.26. The highest BCUT2D eigenvalue weighted by Gasteiger charge is 2.25. The highest BCUT2D eigenvalue weighted by molar-refractivity contribution is 5.51. The molecule has 0 spiro atoms. The van der Waals surface area contributed by atoms with E-state index in [0.717, 1.165) is 23.8 Å². The Labute approximate surface area is 135 Å². The minimum Gasteiger partial charge on any atom is -0.378 e. The van der Waals surface area contributed by atoms with Gasteiger partial charge in [-0.3, -0.25) is 13.9 Å². The van der Waals surface area contributed by atoms with Crippen molar-refractivity contribution in [3.8, 4) is 6.07 Å². The molecule has 1 aliphatic heterocycles. The summed E-state index contributed by atoms with van der Waals surface area (Å²) in [5, 5.41) is 12.5. The zero-order valence-electron chi connectivity index (χ0n) is 14.1. The fraction of sp³-hybridized carbons (Fsp3) is 0.688. The van der Waals surface area contributed by atoms with Gasteiger partial charge in [0, 0.05) is 26.7 Å². The summed E-state index contributed by atoms with van der Waals surface area (Å²) in [6.07, 6.45) is 2.71. The van der Waals surface area contributed by atoms with Gasteiger partial charge in [0.2, 0.25) is 0 Å². The van der Waals surface area contributed by atoms with Gasteiger partial charge in [-0.25, -0.2) is 4.79 Å². The Morgan fingerprint density at radius 2 is 2.04 bits per heavy atom. The second kappa shape index (κ2) is 7.01. The molecule has 1 aliphatic rings. The molecule has 1 aromatic heterocycles. The third kappa shape index (κ3) is 3.64. The van der Waals surface area contributed by atoms with Crippen molar-refractivity contribution in [3.63, 3.8) is 0 Å². The molecule has 0 aliphatic carbocycles. The van der Waals surface area contributed by atoms with Crippen LogP contribution in [0.2, 0.25) is 0 Å². The number of rotatable bonds is 4. The van der Waals surface area contributed by atoms with Crippen LogP contribution in [0.3, 0.4) is 0 Å². The van der Waals surface area contributed by atoms with Gasteiger partial charge in [-0.05, 0) is 25.2 Å². The van der Waals surface area contributed by atoms with E-state index in [1.807, 2.05) is 6.07 Å². The molecule has 0 aromatic carbocycles. The van der Waals surface area contributed by atoms with Crippen molar-refractivity contribution in [1.29, 1.82) is 5.26 Å². The lowest BCUT2D eigenvalue weighted by molar-refractivity contribution is -0.000632. The summed E-state index contributed by atoms with van der Waals surface area (Å²) in [6.45, 7) is 4.94. The molecule has 0 bridgehead atoms. The maximum atomic E-state index is 12.1. The fourth-order valence-electron chi connectivity index (χ4n) is 3.01. The second-order valence-electron chi connectivity index (χ2n) is 6.53. The number of nitriles is 1. The number of ether oxygens (including phenoxy) is 1. The minimum atomic E-state index is -0.566. The Bertz CT molecular complexity index is 727. The largest absolute Gasteiger partial charge is 0.378 e. The van der Waals surface area contributed by atoms with Crippen LogP contribution >= 0.6 is 0 Å². The number of hydrogen-bond acceptors (Lipinski definition) is 5. The van der Waals surface area contributed by atoms with Crippen molar-refractivity contribution in [3.05, 3.63) is 26.4 Å². The van der Waals surface area contributed by atoms with E-state index >= 15 is 0 Å². The molecule has 1 aromatic rings. The van der Waals surface area contributed by atoms with Gasteiger partial charge >= 0.3 is 5.69 Å². The van der Waals surface area contributed by atoms with Crippen LogP contribution in [0.15, 0.2) is 9.59 Å². The van der Waals surface area contributed by atoms with Crippen molar-refractivity contribution in [2.24, 2.45) is 20.0 Å². The predicted molar refractivity (Wildman–Crippen MR) is 87.5 cm³/mol. The van der Waals surface area contributed by atoms with Crippen molar-refractivity contribution in [2.45, 2.75) is 45.3 Å². The van der Waals surface area contributed by atoms with Crippen molar-refractivity contribution < 1.29 is 4.74 Å². The Balaban J connectivity index is 2.28. The smallest absolute Gasteiger partial charge is 0.332 e. The van der Waals surface area contributed by atoms with E-state index in [9.17, 15) is 14.9 Å². The van der Waals surface area contributed by atoms with Crippen LogP contribution < -0.4 is 16.6 Å². The van der Waals surface area contributed by atoms with Gasteiger partial charge in [0.15, 0.2) is 5.56 Å². The van der Waals surface area contributed by atoms with E-state index in [1.54, 1.807) is 7.05 Å². The summed E-state index contributed by atoms with van der Waals surface area (Å²) in [7, 11) is 2.94. The van der Waals surface area contributed by atoms with E-state index in [2.05, 4.69) is 19.2 Å². The van der Waals surface area contributed by atoms with Gasteiger partial charge in [0.1, 0.15) is 11.9 Å². The molecule has 1 fully saturated rings. The molecule has 7 nitrogen and oxygen atoms in total. The molecule has 2 heterocycles. The van der Waals surface area contributed by atoms with Gasteiger partial charge in [0.25, 0.3) is 5.56 Å². The van der Waals surface area contributed by atoms with Crippen molar-refractivity contribution in [2.75, 3.05) is 11.9 Å². The molecule has 2 rings (SSSR count). The van der Waals surface area contributed by atoms with Gasteiger partial charge in [-0.1, -0.05) is 13.8 Å². The van der Waals surface area contributed by atoms with E-state index in [1.165, 1.54) is 11.6 Å². The standard InChI is InChI=1S/C16H24N4O3/c1-10(2)7-12-8-11(5-6-23-12)18-14-13(9-17)15(21)20(4)16(22)19(14)3/h10-12,18H,5-8H2,1-4H3/t11-,12-/m0/s1. The normalized spacial score (nSPS) is 21.2. The monoisotopic (exact) mass is 320 g/mol. The first-order valence-electron chi connectivity index (χ1n) is 7.93. The van der Waals surface area contributed by atoms with E-state index in [0.29, 0.717) is 18.3 Å². The molecular weight excluding hydrogens is 296 g/mol. The minimum absolute atomic E-state index is 0.0264. The van der Waals surface area contributed by atoms with Crippen molar-refractivity contribution >= 4 is 5.82 Å². The summed E-state index contributed by atoms with van der Waals surface area (Å²) >= 11 is 0. The van der Waals surface area contributed by atoms with Crippen LogP contribution in [0.1, 0.15) is 38.7 Å². The third-order valence-electron chi connectivity index (χ3n) is 4.22. The van der Waals surface area contributed by atoms with Crippen LogP contribution in [0, 0.1) is 17.2 Å². The molecular formula is C16H24N4O3. The van der Waals surface area contributed by atoms with Crippen LogP contribution in [-0.4, -0.2) is 27.9 Å². The number of aromatic nitrogens is 2. The molecule has 0 amide bonds. The number of nitrogens with one attached hydrogen (secondary N) is 1. The lowest BCUT2D eigenvalue weighted by Crippen LogP contribution is -2.42. The second-order valence-corrected chi connectivity index (χ2v) is 6.53. The molecule has 0 saturated carbocycles. The molecule has 126 valence electrons. The quantitative estimate of drug-likeness (QED) is 0.892. The van der Waals surface area contributed by atoms with E-state index in [-0.39, 0.29) is 17.7 Å². The molecule has 7 heteroatoms. The lowest BCUT2D eigenvalue weighted by atomic mass is 9.96. The molecule has 0 unspecified atom stereocenters. The van der Waals surface area contributed by atoms with Gasteiger partial charge in [-0.15, -0.1) is 0 Å². The molecule has 0 radical (unpaired) electrons. The number of anilines is 1. The zero-order chi connectivity index (χ0) is 17.1. The predicted octanol–water partition coefficient (Wildman–Crippen LogP) is 0.961. The number of nitrogens with zero attached hydrogens (tertiary/aromatic N) is 3. The SMILES string of the molecule is CC(C)C[C@H]1C[C@@H](Nc2c(C#N)c(=O)n(C)c(=O)n2C)CCO1. The molecule has 23 heavy (non-hydrogen) atoms. The topological polar surface area (TPSA) is 89.0 Å². The van der Waals surface area contributed by atoms with Crippen LogP contribution in [-0.2, 0) is 18.8 Å². The van der Waals surface area contributed by atoms with Crippen molar-refractivity contribution in [1.82, 2.24) is 9.13 Å². The summed E-state index contributed by atoms with van der Waals surface area (Å²) < 4.78 is 8.05. The molecule has 2 atom stereocenters. The number of hydrogen-bond donors (Lipinski definition) is 1. The highest BCUT2D eigenvalue weighted by atomic mass is 16.5. The summed E-state index contributed by atoms with van der Waals surface area (Å²) in [5.41, 5.74) is -1.03. The van der Waals surface area contributed by atoms with Gasteiger partial charge in [-0.2, -0.15) is 5.26 Å². The van der Waals surface area contributed by atoms with E-state index in [4.69, 9.17) is 4.74 Å². The summed E-state index contributed by atoms with van der Waals surface area (Å²) in [4.78, 5) is 24.2. The summed E-state index contributed by atoms with van der Waals surface area (Å²) in [5.74, 6) is 0.845. The van der Waals surface area contributed by atoms with Crippen LogP contribution in [0.5, 0.6) is 0 Å². The average molecular weight is 320 g/mol. The fourth-order valence-corrected chi connectivity index (χ4v) is 3.01. The maximum absolute atomic E-state index is 12.1. The highest BCUT2D eigenvalue weighted by Crippen LogP contribution is 2.23. The Morgan fingerprint density at radius 1 is 1.35 bits per heavy atom. The van der Waals surface area contributed by atoms with Crippen LogP contribution in [0.25, 0.3) is 0 Å². The van der Waals surface area contributed by atoms with Gasteiger partial charge < -0.3 is 10.1 Å². The summed E-state index contributed by atoms with van der Waals surface area (Å²) in [6, 6.07) is 2.00.